The molecule has 4 N–H and O–H groups in total. The van der Waals surface area contributed by atoms with E-state index in [9.17, 15) is 0 Å². The summed E-state index contributed by atoms with van der Waals surface area (Å²) in [7, 11) is 0. The number of hydrogen-bond acceptors (Lipinski definition) is 7. The summed E-state index contributed by atoms with van der Waals surface area (Å²) in [4.78, 5) is 9.05. The minimum Gasteiger partial charge on any atom is -0.384 e. The van der Waals surface area contributed by atoms with Crippen LogP contribution < -0.4 is 15.8 Å². The van der Waals surface area contributed by atoms with Crippen molar-refractivity contribution in [2.45, 2.75) is 38.3 Å². The molecule has 0 fully saturated rings. The smallest absolute Gasteiger partial charge is 0.155 e. The number of aromatic nitrogens is 4. The maximum atomic E-state index is 5.74. The molecule has 0 unspecified atom stereocenters. The first-order valence-electron chi connectivity index (χ1n) is 8.88. The van der Waals surface area contributed by atoms with Crippen molar-refractivity contribution in [1.29, 1.82) is 0 Å². The van der Waals surface area contributed by atoms with Crippen LogP contribution in [0.1, 0.15) is 32.0 Å². The lowest BCUT2D eigenvalue weighted by Crippen LogP contribution is -2.28. The second kappa shape index (κ2) is 7.93. The molecular weight excluding hydrogens is 370 g/mol. The van der Waals surface area contributed by atoms with Crippen LogP contribution in [0.2, 0.25) is 0 Å². The Morgan fingerprint density at radius 3 is 2.57 bits per heavy atom. The Morgan fingerprint density at radius 1 is 1.14 bits per heavy atom. The van der Waals surface area contributed by atoms with Gasteiger partial charge in [-0.15, -0.1) is 0 Å². The van der Waals surface area contributed by atoms with E-state index in [2.05, 4.69) is 47.5 Å². The molecule has 0 aliphatic rings. The molecule has 7 nitrogen and oxygen atoms in total. The molecule has 0 aliphatic carbocycles. The molecular formula is C20H25N7S. The third-order valence-electron chi connectivity index (χ3n) is 3.68. The van der Waals surface area contributed by atoms with Gasteiger partial charge in [0, 0.05) is 34.9 Å². The number of pyridine rings is 2. The van der Waals surface area contributed by atoms with Gasteiger partial charge in [-0.05, 0) is 58.0 Å². The number of aryl methyl sites for hydroxylation is 1. The van der Waals surface area contributed by atoms with Crippen molar-refractivity contribution in [3.63, 3.8) is 0 Å². The van der Waals surface area contributed by atoms with E-state index in [1.807, 2.05) is 43.5 Å². The fourth-order valence-corrected chi connectivity index (χ4v) is 3.11. The molecule has 28 heavy (non-hydrogen) atoms. The van der Waals surface area contributed by atoms with Crippen molar-refractivity contribution in [2.75, 3.05) is 11.1 Å². The summed E-state index contributed by atoms with van der Waals surface area (Å²) >= 11 is 1.35. The lowest BCUT2D eigenvalue weighted by molar-refractivity contribution is 0.629. The maximum absolute atomic E-state index is 5.74. The number of nitrogens with two attached hydrogens (primary N) is 1. The summed E-state index contributed by atoms with van der Waals surface area (Å²) in [5, 5.41) is 8.67. The van der Waals surface area contributed by atoms with E-state index in [1.54, 1.807) is 10.7 Å². The van der Waals surface area contributed by atoms with E-state index < -0.39 is 0 Å². The molecule has 0 spiro atoms. The van der Waals surface area contributed by atoms with Crippen molar-refractivity contribution in [2.24, 2.45) is 0 Å². The molecule has 0 aliphatic heterocycles. The third-order valence-corrected chi connectivity index (χ3v) is 4.47. The highest BCUT2D eigenvalue weighted by Crippen LogP contribution is 2.26. The molecule has 3 heterocycles. The number of nitrogens with zero attached hydrogens (tertiary/aromatic N) is 4. The normalized spacial score (nSPS) is 11.3. The number of nitrogens with one attached hydrogen (secondary N) is 2. The largest absolute Gasteiger partial charge is 0.384 e. The minimum absolute atomic E-state index is 0.163. The van der Waals surface area contributed by atoms with Gasteiger partial charge < -0.3 is 15.8 Å². The van der Waals surface area contributed by atoms with E-state index in [0.717, 1.165) is 33.6 Å². The Kier molecular flexibility index (Phi) is 5.60. The van der Waals surface area contributed by atoms with Crippen LogP contribution in [0.5, 0.6) is 0 Å². The predicted molar refractivity (Wildman–Crippen MR) is 116 cm³/mol. The van der Waals surface area contributed by atoms with Gasteiger partial charge in [-0.1, -0.05) is 12.6 Å². The van der Waals surface area contributed by atoms with E-state index in [1.165, 1.54) is 11.9 Å². The van der Waals surface area contributed by atoms with E-state index in [0.29, 0.717) is 5.82 Å². The molecule has 0 radical (unpaired) electrons. The first kappa shape index (κ1) is 19.8. The maximum Gasteiger partial charge on any atom is 0.155 e. The molecule has 0 saturated carbocycles. The molecule has 3 aromatic heterocycles. The SMILES string of the molecule is C=C(NSc1cccc(N)n1)c1ccc(-n2ccc(C)n2)nc1NC(C)(C)C. The monoisotopic (exact) mass is 395 g/mol. The van der Waals surface area contributed by atoms with Gasteiger partial charge in [0.15, 0.2) is 5.82 Å². The highest BCUT2D eigenvalue weighted by atomic mass is 32.2. The Morgan fingerprint density at radius 2 is 1.93 bits per heavy atom. The Labute approximate surface area is 169 Å². The van der Waals surface area contributed by atoms with Gasteiger partial charge in [0.1, 0.15) is 16.7 Å². The van der Waals surface area contributed by atoms with Crippen LogP contribution in [-0.4, -0.2) is 25.3 Å². The zero-order valence-corrected chi connectivity index (χ0v) is 17.3. The third kappa shape index (κ3) is 5.04. The van der Waals surface area contributed by atoms with Crippen LogP contribution in [0.25, 0.3) is 11.5 Å². The minimum atomic E-state index is -0.163. The van der Waals surface area contributed by atoms with Gasteiger partial charge in [0.05, 0.1) is 5.69 Å². The summed E-state index contributed by atoms with van der Waals surface area (Å²) in [5.74, 6) is 1.95. The molecule has 3 rings (SSSR count). The van der Waals surface area contributed by atoms with Crippen molar-refractivity contribution >= 4 is 29.3 Å². The van der Waals surface area contributed by atoms with Gasteiger partial charge in [0.2, 0.25) is 0 Å². The zero-order valence-electron chi connectivity index (χ0n) is 16.5. The standard InChI is InChI=1S/C20H25N7S/c1-13-11-12-27(25-13)17-10-9-15(19(23-17)24-20(3,4)5)14(2)26-28-18-8-6-7-16(21)22-18/h6-12,26H,2H2,1,3-5H3,(H2,21,22)(H,23,24). The van der Waals surface area contributed by atoms with Crippen molar-refractivity contribution in [3.05, 3.63) is 60.4 Å². The molecule has 0 atom stereocenters. The van der Waals surface area contributed by atoms with Crippen LogP contribution in [0.3, 0.4) is 0 Å². The van der Waals surface area contributed by atoms with Crippen molar-refractivity contribution in [1.82, 2.24) is 24.5 Å². The first-order valence-corrected chi connectivity index (χ1v) is 9.69. The topological polar surface area (TPSA) is 93.7 Å². The van der Waals surface area contributed by atoms with Gasteiger partial charge in [-0.3, -0.25) is 0 Å². The highest BCUT2D eigenvalue weighted by Gasteiger charge is 2.17. The average molecular weight is 396 g/mol. The fourth-order valence-electron chi connectivity index (χ4n) is 2.47. The highest BCUT2D eigenvalue weighted by molar-refractivity contribution is 7.97. The lowest BCUT2D eigenvalue weighted by atomic mass is 10.1. The lowest BCUT2D eigenvalue weighted by Gasteiger charge is -2.24. The average Bonchev–Trinajstić information content (AvgIpc) is 3.05. The summed E-state index contributed by atoms with van der Waals surface area (Å²) < 4.78 is 4.99. The van der Waals surface area contributed by atoms with Crippen LogP contribution in [0.15, 0.2) is 54.2 Å². The van der Waals surface area contributed by atoms with Crippen LogP contribution >= 0.6 is 11.9 Å². The molecule has 0 amide bonds. The van der Waals surface area contributed by atoms with Gasteiger partial charge >= 0.3 is 0 Å². The Hall–Kier alpha value is -3.00. The molecule has 0 bridgehead atoms. The first-order chi connectivity index (χ1) is 13.2. The second-order valence-electron chi connectivity index (χ2n) is 7.43. The van der Waals surface area contributed by atoms with Gasteiger partial charge in [-0.25, -0.2) is 14.6 Å². The molecule has 8 heteroatoms. The van der Waals surface area contributed by atoms with E-state index in [-0.39, 0.29) is 5.54 Å². The fraction of sp³-hybridized carbons (Fsp3) is 0.250. The number of rotatable bonds is 6. The predicted octanol–water partition coefficient (Wildman–Crippen LogP) is 4.03. The molecule has 0 saturated heterocycles. The van der Waals surface area contributed by atoms with E-state index in [4.69, 9.17) is 10.7 Å². The molecule has 3 aromatic rings. The zero-order chi connectivity index (χ0) is 20.3. The summed E-state index contributed by atoms with van der Waals surface area (Å²) in [6, 6.07) is 11.4. The summed E-state index contributed by atoms with van der Waals surface area (Å²) in [6.07, 6.45) is 1.90. The van der Waals surface area contributed by atoms with E-state index >= 15 is 0 Å². The van der Waals surface area contributed by atoms with Gasteiger partial charge in [-0.2, -0.15) is 5.10 Å². The Balaban J connectivity index is 1.86. The number of anilines is 2. The second-order valence-corrected chi connectivity index (χ2v) is 8.25. The van der Waals surface area contributed by atoms with Crippen LogP contribution in [-0.2, 0) is 0 Å². The molecule has 146 valence electrons. The molecule has 0 aromatic carbocycles. The van der Waals surface area contributed by atoms with Crippen molar-refractivity contribution < 1.29 is 0 Å². The number of hydrogen-bond donors (Lipinski definition) is 3. The van der Waals surface area contributed by atoms with Crippen molar-refractivity contribution in [3.8, 4) is 5.82 Å². The van der Waals surface area contributed by atoms with Crippen LogP contribution in [0, 0.1) is 6.92 Å². The summed E-state index contributed by atoms with van der Waals surface area (Å²) in [5.41, 5.74) is 8.11. The summed E-state index contributed by atoms with van der Waals surface area (Å²) in [6.45, 7) is 12.4. The number of nitrogen functional groups attached to an aromatic ring is 1. The van der Waals surface area contributed by atoms with Gasteiger partial charge in [0.25, 0.3) is 0 Å². The van der Waals surface area contributed by atoms with Crippen LogP contribution in [0.4, 0.5) is 11.6 Å². The quantitative estimate of drug-likeness (QED) is 0.543. The Bertz CT molecular complexity index is 988.